The Labute approximate surface area is 131 Å². The average Bonchev–Trinajstić information content (AvgIpc) is 3.11. The fraction of sp³-hybridized carbons (Fsp3) is 0.588. The van der Waals surface area contributed by atoms with Crippen LogP contribution in [0.1, 0.15) is 43.7 Å². The molecule has 0 bridgehead atoms. The minimum atomic E-state index is 0.0642. The summed E-state index contributed by atoms with van der Waals surface area (Å²) in [7, 11) is 5.41. The summed E-state index contributed by atoms with van der Waals surface area (Å²) in [6, 6.07) is 6.06. The molecule has 1 aromatic rings. The van der Waals surface area contributed by atoms with Gasteiger partial charge in [-0.15, -0.1) is 0 Å². The maximum absolute atomic E-state index is 11.9. The van der Waals surface area contributed by atoms with E-state index in [4.69, 9.17) is 9.47 Å². The smallest absolute Gasteiger partial charge is 0.238 e. The number of benzene rings is 1. The molecular weight excluding hydrogens is 280 g/mol. The second-order valence-corrected chi connectivity index (χ2v) is 6.15. The molecule has 1 atom stereocenters. The van der Waals surface area contributed by atoms with Crippen molar-refractivity contribution in [3.63, 3.8) is 0 Å². The molecule has 5 heteroatoms. The molecule has 0 aromatic heterocycles. The predicted octanol–water partition coefficient (Wildman–Crippen LogP) is 2.77. The van der Waals surface area contributed by atoms with Gasteiger partial charge in [0.25, 0.3) is 0 Å². The van der Waals surface area contributed by atoms with Gasteiger partial charge in [0.1, 0.15) is 0 Å². The summed E-state index contributed by atoms with van der Waals surface area (Å²) < 4.78 is 11.6. The topological polar surface area (TPSA) is 42.0 Å². The maximum atomic E-state index is 11.9. The van der Waals surface area contributed by atoms with Crippen molar-refractivity contribution in [1.82, 2.24) is 10.0 Å². The molecule has 5 nitrogen and oxygen atoms in total. The lowest BCUT2D eigenvalue weighted by atomic mass is 10.0. The van der Waals surface area contributed by atoms with Crippen molar-refractivity contribution in [3.8, 4) is 11.5 Å². The first-order valence-electron chi connectivity index (χ1n) is 7.94. The van der Waals surface area contributed by atoms with E-state index in [1.807, 2.05) is 37.3 Å². The third-order valence-corrected chi connectivity index (χ3v) is 4.82. The van der Waals surface area contributed by atoms with E-state index < -0.39 is 0 Å². The van der Waals surface area contributed by atoms with Crippen molar-refractivity contribution in [2.75, 3.05) is 21.2 Å². The molecule has 3 rings (SSSR count). The van der Waals surface area contributed by atoms with Crippen LogP contribution in [-0.2, 0) is 4.79 Å². The normalized spacial score (nSPS) is 23.3. The van der Waals surface area contributed by atoms with Gasteiger partial charge in [-0.3, -0.25) is 9.80 Å². The van der Waals surface area contributed by atoms with E-state index in [-0.39, 0.29) is 18.1 Å². The molecule has 1 unspecified atom stereocenters. The fourth-order valence-electron chi connectivity index (χ4n) is 3.33. The maximum Gasteiger partial charge on any atom is 0.238 e. The summed E-state index contributed by atoms with van der Waals surface area (Å²) in [6.07, 6.45) is 5.47. The average molecular weight is 304 g/mol. The molecular formula is C17H24N2O3. The Bertz CT molecular complexity index is 555. The summed E-state index contributed by atoms with van der Waals surface area (Å²) in [5.41, 5.74) is 1.09. The molecule has 22 heavy (non-hydrogen) atoms. The van der Waals surface area contributed by atoms with Gasteiger partial charge >= 0.3 is 0 Å². The molecule has 1 amide bonds. The third-order valence-electron chi connectivity index (χ3n) is 4.82. The molecule has 1 saturated carbocycles. The van der Waals surface area contributed by atoms with Gasteiger partial charge in [-0.2, -0.15) is 0 Å². The number of carbonyl (C=O) groups excluding carboxylic acids is 1. The number of ether oxygens (including phenoxy) is 2. The van der Waals surface area contributed by atoms with Crippen LogP contribution in [0.5, 0.6) is 11.5 Å². The molecule has 1 aromatic carbocycles. The zero-order chi connectivity index (χ0) is 15.7. The zero-order valence-corrected chi connectivity index (χ0v) is 13.5. The lowest BCUT2D eigenvalue weighted by molar-refractivity contribution is -0.134. The van der Waals surface area contributed by atoms with E-state index in [2.05, 4.69) is 0 Å². The van der Waals surface area contributed by atoms with E-state index in [1.165, 1.54) is 12.8 Å². The van der Waals surface area contributed by atoms with E-state index in [9.17, 15) is 4.79 Å². The van der Waals surface area contributed by atoms with Crippen LogP contribution in [0.4, 0.5) is 0 Å². The highest BCUT2D eigenvalue weighted by atomic mass is 16.5. The second kappa shape index (κ2) is 6.16. The summed E-state index contributed by atoms with van der Waals surface area (Å²) in [5, 5.41) is 3.65. The lowest BCUT2D eigenvalue weighted by Gasteiger charge is -2.25. The molecule has 1 aliphatic carbocycles. The van der Waals surface area contributed by atoms with Crippen LogP contribution >= 0.6 is 0 Å². The molecule has 2 aliphatic rings. The summed E-state index contributed by atoms with van der Waals surface area (Å²) in [4.78, 5) is 11.9. The van der Waals surface area contributed by atoms with Crippen molar-refractivity contribution in [2.45, 2.75) is 44.2 Å². The largest absolute Gasteiger partial charge is 0.493 e. The van der Waals surface area contributed by atoms with E-state index in [1.54, 1.807) is 12.1 Å². The van der Waals surface area contributed by atoms with Gasteiger partial charge in [0.2, 0.25) is 5.91 Å². The van der Waals surface area contributed by atoms with Crippen LogP contribution in [0, 0.1) is 0 Å². The minimum Gasteiger partial charge on any atom is -0.493 e. The van der Waals surface area contributed by atoms with E-state index in [0.717, 1.165) is 29.9 Å². The summed E-state index contributed by atoms with van der Waals surface area (Å²) >= 11 is 0. The number of methoxy groups -OCH3 is 1. The van der Waals surface area contributed by atoms with Gasteiger partial charge in [0, 0.05) is 20.5 Å². The molecule has 0 spiro atoms. The van der Waals surface area contributed by atoms with Crippen LogP contribution in [0.3, 0.4) is 0 Å². The van der Waals surface area contributed by atoms with Crippen molar-refractivity contribution in [2.24, 2.45) is 0 Å². The van der Waals surface area contributed by atoms with Crippen LogP contribution in [0.2, 0.25) is 0 Å². The van der Waals surface area contributed by atoms with Crippen molar-refractivity contribution in [3.05, 3.63) is 23.8 Å². The Kier molecular flexibility index (Phi) is 4.25. The second-order valence-electron chi connectivity index (χ2n) is 6.15. The zero-order valence-electron chi connectivity index (χ0n) is 13.5. The Morgan fingerprint density at radius 1 is 1.14 bits per heavy atom. The molecule has 1 aliphatic heterocycles. The molecule has 120 valence electrons. The highest BCUT2D eigenvalue weighted by Crippen LogP contribution is 2.37. The summed E-state index contributed by atoms with van der Waals surface area (Å²) in [5.74, 6) is 1.69. The number of hydrazine groups is 1. The van der Waals surface area contributed by atoms with E-state index >= 15 is 0 Å². The van der Waals surface area contributed by atoms with Gasteiger partial charge in [-0.05, 0) is 43.4 Å². The van der Waals surface area contributed by atoms with Crippen LogP contribution < -0.4 is 9.47 Å². The van der Waals surface area contributed by atoms with Crippen molar-refractivity contribution >= 4 is 5.91 Å². The Balaban J connectivity index is 1.85. The monoisotopic (exact) mass is 304 g/mol. The van der Waals surface area contributed by atoms with Gasteiger partial charge in [0.05, 0.1) is 19.3 Å². The fourth-order valence-corrected chi connectivity index (χ4v) is 3.33. The van der Waals surface area contributed by atoms with Crippen LogP contribution in [-0.4, -0.2) is 43.2 Å². The number of hydrogen-bond donors (Lipinski definition) is 0. The third kappa shape index (κ3) is 2.77. The number of hydrogen-bond acceptors (Lipinski definition) is 4. The highest BCUT2D eigenvalue weighted by Gasteiger charge is 2.34. The van der Waals surface area contributed by atoms with E-state index in [0.29, 0.717) is 6.42 Å². The van der Waals surface area contributed by atoms with Gasteiger partial charge < -0.3 is 9.47 Å². The number of carbonyl (C=O) groups is 1. The molecule has 0 N–H and O–H groups in total. The number of rotatable bonds is 4. The Morgan fingerprint density at radius 2 is 1.86 bits per heavy atom. The predicted molar refractivity (Wildman–Crippen MR) is 83.8 cm³/mol. The first-order valence-corrected chi connectivity index (χ1v) is 7.94. The standard InChI is InChI=1S/C17H24N2O3/c1-18-14(11-17(20)19(18)2)12-8-9-15(21-3)16(10-12)22-13-6-4-5-7-13/h8-10,13-14H,4-7,11H2,1-3H3. The molecule has 1 heterocycles. The van der Waals surface area contributed by atoms with Crippen LogP contribution in [0.25, 0.3) is 0 Å². The molecule has 2 fully saturated rings. The quantitative estimate of drug-likeness (QED) is 0.858. The minimum absolute atomic E-state index is 0.0642. The van der Waals surface area contributed by atoms with Crippen molar-refractivity contribution < 1.29 is 14.3 Å². The van der Waals surface area contributed by atoms with Gasteiger partial charge in [0.15, 0.2) is 11.5 Å². The van der Waals surface area contributed by atoms with Gasteiger partial charge in [-0.1, -0.05) is 6.07 Å². The molecule has 1 saturated heterocycles. The first-order chi connectivity index (χ1) is 10.6. The van der Waals surface area contributed by atoms with Crippen LogP contribution in [0.15, 0.2) is 18.2 Å². The number of nitrogens with zero attached hydrogens (tertiary/aromatic N) is 2. The summed E-state index contributed by atoms with van der Waals surface area (Å²) in [6.45, 7) is 0. The lowest BCUT2D eigenvalue weighted by Crippen LogP contribution is -2.33. The Morgan fingerprint density at radius 3 is 2.45 bits per heavy atom. The highest BCUT2D eigenvalue weighted by molar-refractivity contribution is 5.78. The SMILES string of the molecule is COc1ccc(C2CC(=O)N(C)N2C)cc1OC1CCCC1. The number of amides is 1. The van der Waals surface area contributed by atoms with Gasteiger partial charge in [-0.25, -0.2) is 5.01 Å². The Hall–Kier alpha value is -1.75. The van der Waals surface area contributed by atoms with Crippen molar-refractivity contribution in [1.29, 1.82) is 0 Å². The molecule has 0 radical (unpaired) electrons. The first kappa shape index (κ1) is 15.2.